The standard InChI is InChI=1S/C22H29N/c1-5-8-9-17(6-2)18-11-13-20-19-12-10-16(4)14-21(19)23(7-3)22(20)15-18/h10-15,17H,5-9H2,1-4H3. The van der Waals surface area contributed by atoms with Gasteiger partial charge >= 0.3 is 0 Å². The average Bonchev–Trinajstić information content (AvgIpc) is 2.87. The van der Waals surface area contributed by atoms with Gasteiger partial charge in [-0.2, -0.15) is 0 Å². The van der Waals surface area contributed by atoms with Crippen molar-refractivity contribution in [2.24, 2.45) is 0 Å². The van der Waals surface area contributed by atoms with Crippen molar-refractivity contribution < 1.29 is 0 Å². The summed E-state index contributed by atoms with van der Waals surface area (Å²) < 4.78 is 2.48. The SMILES string of the molecule is CCCCC(CC)c1ccc2c3ccc(C)cc3n(CC)c2c1. The maximum absolute atomic E-state index is 2.48. The van der Waals surface area contributed by atoms with Gasteiger partial charge in [-0.15, -0.1) is 0 Å². The highest BCUT2D eigenvalue weighted by atomic mass is 15.0. The van der Waals surface area contributed by atoms with Crippen LogP contribution >= 0.6 is 0 Å². The van der Waals surface area contributed by atoms with Gasteiger partial charge in [-0.1, -0.05) is 51.0 Å². The number of aromatic nitrogens is 1. The normalized spacial score (nSPS) is 13.0. The fourth-order valence-corrected chi connectivity index (χ4v) is 3.87. The fourth-order valence-electron chi connectivity index (χ4n) is 3.87. The fraction of sp³-hybridized carbons (Fsp3) is 0.455. The van der Waals surface area contributed by atoms with E-state index in [0.717, 1.165) is 6.54 Å². The third-order valence-electron chi connectivity index (χ3n) is 5.23. The van der Waals surface area contributed by atoms with Crippen molar-refractivity contribution in [2.45, 2.75) is 65.8 Å². The molecular formula is C22H29N. The highest BCUT2D eigenvalue weighted by molar-refractivity contribution is 6.08. The second kappa shape index (κ2) is 6.78. The highest BCUT2D eigenvalue weighted by Crippen LogP contribution is 2.34. The number of aryl methyl sites for hydroxylation is 2. The Hall–Kier alpha value is -1.76. The lowest BCUT2D eigenvalue weighted by atomic mass is 9.90. The lowest BCUT2D eigenvalue weighted by molar-refractivity contribution is 0.570. The van der Waals surface area contributed by atoms with Gasteiger partial charge in [0.15, 0.2) is 0 Å². The Morgan fingerprint density at radius 1 is 0.913 bits per heavy atom. The quantitative estimate of drug-likeness (QED) is 0.471. The van der Waals surface area contributed by atoms with Crippen molar-refractivity contribution in [3.63, 3.8) is 0 Å². The van der Waals surface area contributed by atoms with Crippen LogP contribution in [0.2, 0.25) is 0 Å². The van der Waals surface area contributed by atoms with Crippen LogP contribution in [-0.4, -0.2) is 4.57 Å². The van der Waals surface area contributed by atoms with E-state index in [1.165, 1.54) is 58.6 Å². The summed E-state index contributed by atoms with van der Waals surface area (Å²) in [5.41, 5.74) is 5.63. The Morgan fingerprint density at radius 3 is 2.26 bits per heavy atom. The van der Waals surface area contributed by atoms with E-state index in [0.29, 0.717) is 5.92 Å². The maximum Gasteiger partial charge on any atom is 0.0494 e. The minimum Gasteiger partial charge on any atom is -0.341 e. The zero-order valence-electron chi connectivity index (χ0n) is 15.0. The molecule has 0 aliphatic rings. The Bertz CT molecular complexity index is 810. The molecule has 3 aromatic rings. The summed E-state index contributed by atoms with van der Waals surface area (Å²) in [6, 6.07) is 14.0. The number of fused-ring (bicyclic) bond motifs is 3. The Kier molecular flexibility index (Phi) is 4.75. The molecule has 0 fully saturated rings. The number of rotatable bonds is 6. The van der Waals surface area contributed by atoms with E-state index in [1.54, 1.807) is 0 Å². The second-order valence-electron chi connectivity index (χ2n) is 6.79. The van der Waals surface area contributed by atoms with E-state index in [-0.39, 0.29) is 0 Å². The topological polar surface area (TPSA) is 4.93 Å². The van der Waals surface area contributed by atoms with Gasteiger partial charge in [0.2, 0.25) is 0 Å². The largest absolute Gasteiger partial charge is 0.341 e. The summed E-state index contributed by atoms with van der Waals surface area (Å²) in [6.07, 6.45) is 5.15. The first-order valence-corrected chi connectivity index (χ1v) is 9.22. The Balaban J connectivity index is 2.16. The molecule has 0 aliphatic carbocycles. The number of benzene rings is 2. The van der Waals surface area contributed by atoms with Crippen LogP contribution in [0.1, 0.15) is 63.5 Å². The molecular weight excluding hydrogens is 278 g/mol. The molecule has 1 nitrogen and oxygen atoms in total. The van der Waals surface area contributed by atoms with Crippen LogP contribution < -0.4 is 0 Å². The smallest absolute Gasteiger partial charge is 0.0494 e. The van der Waals surface area contributed by atoms with E-state index in [9.17, 15) is 0 Å². The minimum absolute atomic E-state index is 0.699. The van der Waals surface area contributed by atoms with Crippen LogP contribution in [0.25, 0.3) is 21.8 Å². The van der Waals surface area contributed by atoms with Gasteiger partial charge in [0.05, 0.1) is 0 Å². The molecule has 0 aliphatic heterocycles. The third kappa shape index (κ3) is 2.89. The summed E-state index contributed by atoms with van der Waals surface area (Å²) >= 11 is 0. The molecule has 3 rings (SSSR count). The van der Waals surface area contributed by atoms with Crippen molar-refractivity contribution in [1.82, 2.24) is 4.57 Å². The van der Waals surface area contributed by atoms with Crippen LogP contribution in [0.5, 0.6) is 0 Å². The lowest BCUT2D eigenvalue weighted by Crippen LogP contribution is -1.99. The van der Waals surface area contributed by atoms with Gasteiger partial charge in [0.25, 0.3) is 0 Å². The molecule has 122 valence electrons. The monoisotopic (exact) mass is 307 g/mol. The van der Waals surface area contributed by atoms with Crippen molar-refractivity contribution in [3.8, 4) is 0 Å². The molecule has 0 N–H and O–H groups in total. The van der Waals surface area contributed by atoms with Crippen LogP contribution in [0, 0.1) is 6.92 Å². The number of unbranched alkanes of at least 4 members (excludes halogenated alkanes) is 1. The van der Waals surface area contributed by atoms with Gasteiger partial charge in [-0.25, -0.2) is 0 Å². The zero-order chi connectivity index (χ0) is 16.4. The predicted molar refractivity (Wildman–Crippen MR) is 102 cm³/mol. The predicted octanol–water partition coefficient (Wildman–Crippen LogP) is 6.81. The van der Waals surface area contributed by atoms with E-state index < -0.39 is 0 Å². The molecule has 2 aromatic carbocycles. The third-order valence-corrected chi connectivity index (χ3v) is 5.23. The molecule has 1 atom stereocenters. The molecule has 0 saturated heterocycles. The van der Waals surface area contributed by atoms with Gasteiger partial charge in [0, 0.05) is 28.4 Å². The summed E-state index contributed by atoms with van der Waals surface area (Å²) in [7, 11) is 0. The van der Waals surface area contributed by atoms with Gasteiger partial charge in [-0.05, 0) is 55.9 Å². The molecule has 0 radical (unpaired) electrons. The summed E-state index contributed by atoms with van der Waals surface area (Å²) in [4.78, 5) is 0. The molecule has 0 saturated carbocycles. The molecule has 1 aromatic heterocycles. The van der Waals surface area contributed by atoms with E-state index in [2.05, 4.69) is 68.7 Å². The van der Waals surface area contributed by atoms with Gasteiger partial charge in [0.1, 0.15) is 0 Å². The van der Waals surface area contributed by atoms with Crippen molar-refractivity contribution in [1.29, 1.82) is 0 Å². The van der Waals surface area contributed by atoms with Crippen LogP contribution in [0.15, 0.2) is 36.4 Å². The first-order chi connectivity index (χ1) is 11.2. The minimum atomic E-state index is 0.699. The molecule has 0 amide bonds. The molecule has 23 heavy (non-hydrogen) atoms. The molecule has 1 heterocycles. The van der Waals surface area contributed by atoms with E-state index in [1.807, 2.05) is 0 Å². The summed E-state index contributed by atoms with van der Waals surface area (Å²) in [5, 5.41) is 2.79. The summed E-state index contributed by atoms with van der Waals surface area (Å²) in [5.74, 6) is 0.699. The first-order valence-electron chi connectivity index (χ1n) is 9.22. The highest BCUT2D eigenvalue weighted by Gasteiger charge is 2.14. The molecule has 0 spiro atoms. The van der Waals surface area contributed by atoms with Crippen molar-refractivity contribution in [2.75, 3.05) is 0 Å². The van der Waals surface area contributed by atoms with E-state index >= 15 is 0 Å². The van der Waals surface area contributed by atoms with Crippen molar-refractivity contribution in [3.05, 3.63) is 47.5 Å². The maximum atomic E-state index is 2.48. The molecule has 0 bridgehead atoms. The van der Waals surface area contributed by atoms with Crippen molar-refractivity contribution >= 4 is 21.8 Å². The summed E-state index contributed by atoms with van der Waals surface area (Å²) in [6.45, 7) is 10.1. The number of hydrogen-bond donors (Lipinski definition) is 0. The zero-order valence-corrected chi connectivity index (χ0v) is 15.0. The van der Waals surface area contributed by atoms with Crippen LogP contribution in [-0.2, 0) is 6.54 Å². The van der Waals surface area contributed by atoms with Crippen LogP contribution in [0.3, 0.4) is 0 Å². The number of nitrogens with zero attached hydrogens (tertiary/aromatic N) is 1. The first kappa shape index (κ1) is 16.1. The van der Waals surface area contributed by atoms with Gasteiger partial charge < -0.3 is 4.57 Å². The van der Waals surface area contributed by atoms with E-state index in [4.69, 9.17) is 0 Å². The molecule has 1 heteroatoms. The van der Waals surface area contributed by atoms with Gasteiger partial charge in [-0.3, -0.25) is 0 Å². The Morgan fingerprint density at radius 2 is 1.61 bits per heavy atom. The average molecular weight is 307 g/mol. The Labute approximate surface area is 140 Å². The molecule has 1 unspecified atom stereocenters. The van der Waals surface area contributed by atoms with Crippen LogP contribution in [0.4, 0.5) is 0 Å². The number of hydrogen-bond acceptors (Lipinski definition) is 0. The second-order valence-corrected chi connectivity index (χ2v) is 6.79. The lowest BCUT2D eigenvalue weighted by Gasteiger charge is -2.15.